The fraction of sp³-hybridized carbons (Fsp3) is 0.474. The maximum Gasteiger partial charge on any atom is 0.220 e. The highest BCUT2D eigenvalue weighted by Crippen LogP contribution is 2.24. The zero-order valence-corrected chi connectivity index (χ0v) is 14.8. The molecule has 2 aromatic rings. The van der Waals surface area contributed by atoms with Gasteiger partial charge in [0.25, 0.3) is 0 Å². The summed E-state index contributed by atoms with van der Waals surface area (Å²) in [6.07, 6.45) is 6.91. The molecule has 6 heteroatoms. The van der Waals surface area contributed by atoms with Gasteiger partial charge in [0.15, 0.2) is 0 Å². The summed E-state index contributed by atoms with van der Waals surface area (Å²) in [5, 5.41) is 7.26. The second kappa shape index (κ2) is 7.68. The van der Waals surface area contributed by atoms with Crippen molar-refractivity contribution in [3.05, 3.63) is 47.5 Å². The van der Waals surface area contributed by atoms with Gasteiger partial charge in [-0.2, -0.15) is 5.10 Å². The van der Waals surface area contributed by atoms with Gasteiger partial charge in [0, 0.05) is 44.5 Å². The largest absolute Gasteiger partial charge is 0.369 e. The Morgan fingerprint density at radius 2 is 2.28 bits per heavy atom. The topological polar surface area (TPSA) is 50.2 Å². The molecule has 0 spiro atoms. The summed E-state index contributed by atoms with van der Waals surface area (Å²) in [5.41, 5.74) is 3.06. The van der Waals surface area contributed by atoms with E-state index in [1.165, 1.54) is 6.07 Å². The molecule has 0 saturated carbocycles. The smallest absolute Gasteiger partial charge is 0.220 e. The van der Waals surface area contributed by atoms with Gasteiger partial charge in [0.1, 0.15) is 5.82 Å². The van der Waals surface area contributed by atoms with E-state index in [9.17, 15) is 9.18 Å². The molecule has 0 aliphatic carbocycles. The number of hydrogen-bond acceptors (Lipinski definition) is 3. The van der Waals surface area contributed by atoms with Crippen LogP contribution in [-0.4, -0.2) is 34.8 Å². The zero-order chi connectivity index (χ0) is 17.8. The first-order chi connectivity index (χ1) is 12.0. The van der Waals surface area contributed by atoms with E-state index in [1.807, 2.05) is 26.2 Å². The second-order valence-corrected chi connectivity index (χ2v) is 6.81. The third-order valence-corrected chi connectivity index (χ3v) is 4.69. The van der Waals surface area contributed by atoms with Gasteiger partial charge in [-0.1, -0.05) is 0 Å². The lowest BCUT2D eigenvalue weighted by Crippen LogP contribution is -2.48. The molecular weight excluding hydrogens is 319 g/mol. The molecule has 25 heavy (non-hydrogen) atoms. The zero-order valence-electron chi connectivity index (χ0n) is 14.8. The van der Waals surface area contributed by atoms with Crippen LogP contribution in [0.2, 0.25) is 0 Å². The lowest BCUT2D eigenvalue weighted by molar-refractivity contribution is -0.121. The van der Waals surface area contributed by atoms with Crippen LogP contribution in [0, 0.1) is 12.7 Å². The van der Waals surface area contributed by atoms with Crippen LogP contribution in [0.25, 0.3) is 0 Å². The number of benzene rings is 1. The molecule has 5 nitrogen and oxygen atoms in total. The molecule has 1 amide bonds. The van der Waals surface area contributed by atoms with Crippen LogP contribution in [0.3, 0.4) is 0 Å². The van der Waals surface area contributed by atoms with Crippen molar-refractivity contribution in [1.82, 2.24) is 15.1 Å². The molecular formula is C19H25FN4O. The van der Waals surface area contributed by atoms with Crippen molar-refractivity contribution < 1.29 is 9.18 Å². The van der Waals surface area contributed by atoms with Crippen LogP contribution in [0.15, 0.2) is 30.6 Å². The Balaban J connectivity index is 1.53. The van der Waals surface area contributed by atoms with E-state index in [0.29, 0.717) is 12.8 Å². The minimum atomic E-state index is -0.210. The van der Waals surface area contributed by atoms with E-state index in [1.54, 1.807) is 16.9 Å². The number of nitrogens with zero attached hydrogens (tertiary/aromatic N) is 3. The summed E-state index contributed by atoms with van der Waals surface area (Å²) in [6, 6.07) is 5.03. The van der Waals surface area contributed by atoms with Gasteiger partial charge >= 0.3 is 0 Å². The number of nitrogens with one attached hydrogen (secondary N) is 1. The number of hydrogen-bond donors (Lipinski definition) is 1. The SMILES string of the molecule is Cc1cc(F)ccc1N1CCC[C@H](NC(=O)CCc2cnn(C)c2)C1. The summed E-state index contributed by atoms with van der Waals surface area (Å²) >= 11 is 0. The van der Waals surface area contributed by atoms with Crippen molar-refractivity contribution in [3.63, 3.8) is 0 Å². The van der Waals surface area contributed by atoms with E-state index in [4.69, 9.17) is 0 Å². The van der Waals surface area contributed by atoms with Crippen LogP contribution in [0.5, 0.6) is 0 Å². The van der Waals surface area contributed by atoms with Crippen LogP contribution in [0.1, 0.15) is 30.4 Å². The Hall–Kier alpha value is -2.37. The molecule has 1 N–H and O–H groups in total. The molecule has 3 rings (SSSR count). The molecule has 134 valence electrons. The van der Waals surface area contributed by atoms with Gasteiger partial charge in [-0.05, 0) is 55.5 Å². The normalized spacial score (nSPS) is 17.6. The molecule has 1 aliphatic rings. The third-order valence-electron chi connectivity index (χ3n) is 4.69. The lowest BCUT2D eigenvalue weighted by atomic mass is 10.0. The van der Waals surface area contributed by atoms with Gasteiger partial charge in [-0.25, -0.2) is 4.39 Å². The summed E-state index contributed by atoms with van der Waals surface area (Å²) in [6.45, 7) is 3.63. The number of rotatable bonds is 5. The third kappa shape index (κ3) is 4.59. The van der Waals surface area contributed by atoms with Crippen molar-refractivity contribution in [2.45, 2.75) is 38.6 Å². The fourth-order valence-corrected chi connectivity index (χ4v) is 3.45. The van der Waals surface area contributed by atoms with Gasteiger partial charge in [-0.15, -0.1) is 0 Å². The summed E-state index contributed by atoms with van der Waals surface area (Å²) in [7, 11) is 1.87. The number of carbonyl (C=O) groups is 1. The minimum Gasteiger partial charge on any atom is -0.369 e. The monoisotopic (exact) mass is 344 g/mol. The molecule has 1 aliphatic heterocycles. The maximum absolute atomic E-state index is 13.3. The molecule has 1 saturated heterocycles. The first kappa shape index (κ1) is 17.5. The van der Waals surface area contributed by atoms with Crippen LogP contribution in [0.4, 0.5) is 10.1 Å². The van der Waals surface area contributed by atoms with Gasteiger partial charge < -0.3 is 10.2 Å². The highest BCUT2D eigenvalue weighted by Gasteiger charge is 2.22. The van der Waals surface area contributed by atoms with Gasteiger partial charge in [0.2, 0.25) is 5.91 Å². The minimum absolute atomic E-state index is 0.0755. The quantitative estimate of drug-likeness (QED) is 0.907. The standard InChI is InChI=1S/C19H25FN4O/c1-14-10-16(20)6-7-18(14)24-9-3-4-17(13-24)22-19(25)8-5-15-11-21-23(2)12-15/h6-7,10-12,17H,3-5,8-9,13H2,1-2H3,(H,22,25)/t17-/m0/s1. The molecule has 0 radical (unpaired) electrons. The number of piperidine rings is 1. The summed E-state index contributed by atoms with van der Waals surface area (Å²) < 4.78 is 15.1. The van der Waals surface area contributed by atoms with E-state index >= 15 is 0 Å². The van der Waals surface area contributed by atoms with Crippen LogP contribution in [-0.2, 0) is 18.3 Å². The van der Waals surface area contributed by atoms with Gasteiger partial charge in [-0.3, -0.25) is 9.48 Å². The Labute approximate surface area is 147 Å². The van der Waals surface area contributed by atoms with Crippen molar-refractivity contribution >= 4 is 11.6 Å². The molecule has 0 unspecified atom stereocenters. The second-order valence-electron chi connectivity index (χ2n) is 6.81. The molecule has 0 bridgehead atoms. The average molecular weight is 344 g/mol. The van der Waals surface area contributed by atoms with Gasteiger partial charge in [0.05, 0.1) is 6.20 Å². The van der Waals surface area contributed by atoms with E-state index in [0.717, 1.165) is 42.7 Å². The summed E-state index contributed by atoms with van der Waals surface area (Å²) in [4.78, 5) is 14.5. The Bertz CT molecular complexity index is 743. The number of halogens is 1. The Morgan fingerprint density at radius 1 is 1.44 bits per heavy atom. The van der Waals surface area contributed by atoms with Crippen molar-refractivity contribution in [2.75, 3.05) is 18.0 Å². The van der Waals surface area contributed by atoms with E-state index in [-0.39, 0.29) is 17.8 Å². The predicted octanol–water partition coefficient (Wildman–Crippen LogP) is 2.59. The Kier molecular flexibility index (Phi) is 5.36. The number of aryl methyl sites for hydroxylation is 3. The van der Waals surface area contributed by atoms with Crippen LogP contribution >= 0.6 is 0 Å². The summed E-state index contributed by atoms with van der Waals surface area (Å²) in [5.74, 6) is -0.134. The number of aromatic nitrogens is 2. The highest BCUT2D eigenvalue weighted by molar-refractivity contribution is 5.76. The van der Waals surface area contributed by atoms with E-state index < -0.39 is 0 Å². The maximum atomic E-state index is 13.3. The lowest BCUT2D eigenvalue weighted by Gasteiger charge is -2.35. The van der Waals surface area contributed by atoms with Crippen molar-refractivity contribution in [3.8, 4) is 0 Å². The predicted molar refractivity (Wildman–Crippen MR) is 96.0 cm³/mol. The van der Waals surface area contributed by atoms with E-state index in [2.05, 4.69) is 15.3 Å². The van der Waals surface area contributed by atoms with Crippen molar-refractivity contribution in [1.29, 1.82) is 0 Å². The first-order valence-corrected chi connectivity index (χ1v) is 8.79. The fourth-order valence-electron chi connectivity index (χ4n) is 3.45. The van der Waals surface area contributed by atoms with Crippen LogP contribution < -0.4 is 10.2 Å². The molecule has 1 aromatic heterocycles. The highest BCUT2D eigenvalue weighted by atomic mass is 19.1. The number of carbonyl (C=O) groups excluding carboxylic acids is 1. The molecule has 2 heterocycles. The number of amides is 1. The molecule has 1 atom stereocenters. The average Bonchev–Trinajstić information content (AvgIpc) is 2.99. The van der Waals surface area contributed by atoms with Crippen molar-refractivity contribution in [2.24, 2.45) is 7.05 Å². The first-order valence-electron chi connectivity index (χ1n) is 8.79. The number of anilines is 1. The Morgan fingerprint density at radius 3 is 3.00 bits per heavy atom. The molecule has 1 aromatic carbocycles. The molecule has 1 fully saturated rings.